The molecule has 0 aliphatic carbocycles. The van der Waals surface area contributed by atoms with Crippen LogP contribution in [0.5, 0.6) is 0 Å². The maximum absolute atomic E-state index is 4.70. The van der Waals surface area contributed by atoms with Crippen LogP contribution >= 0.6 is 11.8 Å². The molecular formula is C23H21N7S. The summed E-state index contributed by atoms with van der Waals surface area (Å²) in [4.78, 5) is 13.4. The molecule has 0 aliphatic heterocycles. The molecule has 7 nitrogen and oxygen atoms in total. The SMILES string of the molecule is Cc1cc(C)n2cc(CSc3nnc(-c4ccncc4)n3-c3ccccc3C)nc2n1. The summed E-state index contributed by atoms with van der Waals surface area (Å²) in [5.74, 6) is 2.19. The summed E-state index contributed by atoms with van der Waals surface area (Å²) >= 11 is 1.61. The van der Waals surface area contributed by atoms with Gasteiger partial charge in [-0.1, -0.05) is 30.0 Å². The van der Waals surface area contributed by atoms with Crippen LogP contribution in [0, 0.1) is 20.8 Å². The number of pyridine rings is 1. The van der Waals surface area contributed by atoms with Gasteiger partial charge in [-0.15, -0.1) is 10.2 Å². The van der Waals surface area contributed by atoms with Gasteiger partial charge in [-0.2, -0.15) is 0 Å². The van der Waals surface area contributed by atoms with Crippen molar-refractivity contribution in [3.05, 3.63) is 83.7 Å². The number of hydrogen-bond acceptors (Lipinski definition) is 6. The number of rotatable bonds is 5. The molecule has 4 heterocycles. The number of imidazole rings is 1. The predicted octanol–water partition coefficient (Wildman–Crippen LogP) is 4.59. The number of para-hydroxylation sites is 1. The van der Waals surface area contributed by atoms with Crippen LogP contribution in [-0.4, -0.2) is 34.1 Å². The first kappa shape index (κ1) is 19.4. The largest absolute Gasteiger partial charge is 0.288 e. The van der Waals surface area contributed by atoms with Crippen LogP contribution in [0.15, 0.2) is 66.2 Å². The van der Waals surface area contributed by atoms with Crippen molar-refractivity contribution in [3.63, 3.8) is 0 Å². The fourth-order valence-corrected chi connectivity index (χ4v) is 4.44. The molecule has 0 bridgehead atoms. The Morgan fingerprint density at radius 1 is 0.935 bits per heavy atom. The zero-order valence-electron chi connectivity index (χ0n) is 17.5. The van der Waals surface area contributed by atoms with Crippen LogP contribution in [0.3, 0.4) is 0 Å². The summed E-state index contributed by atoms with van der Waals surface area (Å²) in [6.07, 6.45) is 5.59. The minimum Gasteiger partial charge on any atom is -0.288 e. The third kappa shape index (κ3) is 3.70. The van der Waals surface area contributed by atoms with E-state index in [1.807, 2.05) is 41.8 Å². The van der Waals surface area contributed by atoms with E-state index in [2.05, 4.69) is 56.8 Å². The zero-order valence-corrected chi connectivity index (χ0v) is 18.3. The number of nitrogens with zero attached hydrogens (tertiary/aromatic N) is 7. The average molecular weight is 428 g/mol. The first-order valence-electron chi connectivity index (χ1n) is 9.97. The molecular weight excluding hydrogens is 406 g/mol. The molecule has 0 saturated carbocycles. The Hall–Kier alpha value is -3.52. The molecule has 0 saturated heterocycles. The second-order valence-electron chi connectivity index (χ2n) is 7.39. The molecule has 0 amide bonds. The van der Waals surface area contributed by atoms with Crippen LogP contribution in [0.2, 0.25) is 0 Å². The van der Waals surface area contributed by atoms with Crippen molar-refractivity contribution in [2.24, 2.45) is 0 Å². The van der Waals surface area contributed by atoms with Gasteiger partial charge in [-0.25, -0.2) is 9.97 Å². The molecule has 0 spiro atoms. The normalized spacial score (nSPS) is 11.3. The predicted molar refractivity (Wildman–Crippen MR) is 121 cm³/mol. The molecule has 5 aromatic rings. The smallest absolute Gasteiger partial charge is 0.234 e. The second kappa shape index (κ2) is 7.96. The van der Waals surface area contributed by atoms with Crippen LogP contribution in [-0.2, 0) is 5.75 Å². The van der Waals surface area contributed by atoms with Crippen LogP contribution in [0.1, 0.15) is 22.6 Å². The molecule has 0 fully saturated rings. The quantitative estimate of drug-likeness (QED) is 0.382. The Bertz CT molecular complexity index is 1370. The first-order valence-corrected chi connectivity index (χ1v) is 11.0. The lowest BCUT2D eigenvalue weighted by Crippen LogP contribution is -2.02. The number of benzene rings is 1. The molecule has 0 N–H and O–H groups in total. The molecule has 31 heavy (non-hydrogen) atoms. The molecule has 154 valence electrons. The Morgan fingerprint density at radius 2 is 1.74 bits per heavy atom. The van der Waals surface area contributed by atoms with Crippen molar-refractivity contribution >= 4 is 17.5 Å². The monoisotopic (exact) mass is 427 g/mol. The molecule has 8 heteroatoms. The van der Waals surface area contributed by atoms with Crippen molar-refractivity contribution in [3.8, 4) is 17.1 Å². The van der Waals surface area contributed by atoms with Crippen LogP contribution in [0.25, 0.3) is 22.9 Å². The zero-order chi connectivity index (χ0) is 21.4. The van der Waals surface area contributed by atoms with E-state index in [1.165, 1.54) is 0 Å². The summed E-state index contributed by atoms with van der Waals surface area (Å²) in [5, 5.41) is 9.85. The van der Waals surface area contributed by atoms with Gasteiger partial charge in [0.15, 0.2) is 11.0 Å². The van der Waals surface area contributed by atoms with E-state index in [0.29, 0.717) is 5.75 Å². The van der Waals surface area contributed by atoms with Gasteiger partial charge >= 0.3 is 0 Å². The van der Waals surface area contributed by atoms with Gasteiger partial charge < -0.3 is 0 Å². The van der Waals surface area contributed by atoms with E-state index in [-0.39, 0.29) is 0 Å². The Balaban J connectivity index is 1.53. The van der Waals surface area contributed by atoms with Crippen molar-refractivity contribution in [2.45, 2.75) is 31.7 Å². The van der Waals surface area contributed by atoms with Crippen molar-refractivity contribution in [1.82, 2.24) is 34.1 Å². The highest BCUT2D eigenvalue weighted by Crippen LogP contribution is 2.30. The van der Waals surface area contributed by atoms with Gasteiger partial charge in [0, 0.05) is 41.3 Å². The molecule has 0 unspecified atom stereocenters. The molecule has 1 aromatic carbocycles. The third-order valence-electron chi connectivity index (χ3n) is 5.09. The average Bonchev–Trinajstić information content (AvgIpc) is 3.37. The van der Waals surface area contributed by atoms with Crippen molar-refractivity contribution in [1.29, 1.82) is 0 Å². The van der Waals surface area contributed by atoms with E-state index in [1.54, 1.807) is 24.2 Å². The van der Waals surface area contributed by atoms with E-state index in [9.17, 15) is 0 Å². The highest BCUT2D eigenvalue weighted by Gasteiger charge is 2.18. The van der Waals surface area contributed by atoms with E-state index in [0.717, 1.165) is 50.7 Å². The number of aromatic nitrogens is 7. The summed E-state index contributed by atoms with van der Waals surface area (Å²) < 4.78 is 4.14. The topological polar surface area (TPSA) is 73.8 Å². The van der Waals surface area contributed by atoms with Crippen molar-refractivity contribution < 1.29 is 0 Å². The van der Waals surface area contributed by atoms with Crippen LogP contribution < -0.4 is 0 Å². The number of thioether (sulfide) groups is 1. The maximum atomic E-state index is 4.70. The highest BCUT2D eigenvalue weighted by atomic mass is 32.2. The lowest BCUT2D eigenvalue weighted by Gasteiger charge is -2.12. The van der Waals surface area contributed by atoms with E-state index in [4.69, 9.17) is 4.98 Å². The Labute approximate surface area is 184 Å². The van der Waals surface area contributed by atoms with Gasteiger partial charge in [-0.3, -0.25) is 14.0 Å². The maximum Gasteiger partial charge on any atom is 0.234 e. The fraction of sp³-hybridized carbons (Fsp3) is 0.174. The minimum absolute atomic E-state index is 0.669. The third-order valence-corrected chi connectivity index (χ3v) is 6.05. The lowest BCUT2D eigenvalue weighted by molar-refractivity contribution is 0.879. The van der Waals surface area contributed by atoms with E-state index >= 15 is 0 Å². The number of aryl methyl sites for hydroxylation is 3. The summed E-state index contributed by atoms with van der Waals surface area (Å²) in [5.41, 5.74) is 6.23. The molecule has 5 rings (SSSR count). The van der Waals surface area contributed by atoms with Gasteiger partial charge in [0.1, 0.15) is 0 Å². The van der Waals surface area contributed by atoms with Gasteiger partial charge in [0.25, 0.3) is 0 Å². The second-order valence-corrected chi connectivity index (χ2v) is 8.34. The summed E-state index contributed by atoms with van der Waals surface area (Å²) in [7, 11) is 0. The number of hydrogen-bond donors (Lipinski definition) is 0. The molecule has 0 aliphatic rings. The molecule has 4 aromatic heterocycles. The molecule has 0 atom stereocenters. The highest BCUT2D eigenvalue weighted by molar-refractivity contribution is 7.98. The lowest BCUT2D eigenvalue weighted by atomic mass is 10.2. The minimum atomic E-state index is 0.669. The summed E-state index contributed by atoms with van der Waals surface area (Å²) in [6.45, 7) is 6.15. The van der Waals surface area contributed by atoms with Crippen LogP contribution in [0.4, 0.5) is 0 Å². The van der Waals surface area contributed by atoms with Gasteiger partial charge in [0.2, 0.25) is 5.78 Å². The van der Waals surface area contributed by atoms with Gasteiger partial charge in [0.05, 0.1) is 11.4 Å². The van der Waals surface area contributed by atoms with E-state index < -0.39 is 0 Å². The fourth-order valence-electron chi connectivity index (χ4n) is 3.61. The summed E-state index contributed by atoms with van der Waals surface area (Å²) in [6, 6.07) is 14.2. The Morgan fingerprint density at radius 3 is 2.55 bits per heavy atom. The number of fused-ring (bicyclic) bond motifs is 1. The standard InChI is InChI=1S/C23H21N7S/c1-15-6-4-5-7-20(15)30-21(18-8-10-24-11-9-18)27-28-23(30)31-14-19-13-29-17(3)12-16(2)25-22(29)26-19/h4-13H,14H2,1-3H3. The molecule has 0 radical (unpaired) electrons. The Kier molecular flexibility index (Phi) is 4.99. The van der Waals surface area contributed by atoms with Crippen molar-refractivity contribution in [2.75, 3.05) is 0 Å². The first-order chi connectivity index (χ1) is 15.1. The van der Waals surface area contributed by atoms with Gasteiger partial charge in [-0.05, 0) is 50.6 Å².